The van der Waals surface area contributed by atoms with Gasteiger partial charge in [0, 0.05) is 5.39 Å². The van der Waals surface area contributed by atoms with Crippen molar-refractivity contribution in [1.29, 1.82) is 0 Å². The van der Waals surface area contributed by atoms with Crippen LogP contribution in [0.15, 0.2) is 46.9 Å². The molecule has 3 aromatic rings. The Kier molecular flexibility index (Phi) is 2.82. The van der Waals surface area contributed by atoms with Gasteiger partial charge in [0.05, 0.1) is 5.56 Å². The molecule has 0 fully saturated rings. The van der Waals surface area contributed by atoms with Gasteiger partial charge >= 0.3 is 0 Å². The van der Waals surface area contributed by atoms with Crippen molar-refractivity contribution in [1.82, 2.24) is 0 Å². The van der Waals surface area contributed by atoms with Crippen LogP contribution in [0, 0.1) is 17.5 Å². The lowest BCUT2D eigenvalue weighted by Gasteiger charge is -2.01. The van der Waals surface area contributed by atoms with E-state index in [9.17, 15) is 18.0 Å². The zero-order valence-electron chi connectivity index (χ0n) is 9.99. The topological polar surface area (TPSA) is 30.2 Å². The van der Waals surface area contributed by atoms with Crippen LogP contribution in [0.5, 0.6) is 0 Å². The third-order valence-corrected chi connectivity index (χ3v) is 2.93. The van der Waals surface area contributed by atoms with Crippen LogP contribution in [0.3, 0.4) is 0 Å². The molecule has 2 nitrogen and oxygen atoms in total. The molecule has 20 heavy (non-hydrogen) atoms. The highest BCUT2D eigenvalue weighted by Crippen LogP contribution is 2.23. The van der Waals surface area contributed by atoms with E-state index in [1.165, 1.54) is 6.07 Å². The van der Waals surface area contributed by atoms with Crippen LogP contribution in [0.1, 0.15) is 16.1 Å². The Labute approximate surface area is 111 Å². The van der Waals surface area contributed by atoms with Crippen LogP contribution in [0.2, 0.25) is 0 Å². The average Bonchev–Trinajstić information content (AvgIpc) is 2.88. The maximum atomic E-state index is 13.6. The van der Waals surface area contributed by atoms with Gasteiger partial charge in [-0.1, -0.05) is 18.2 Å². The Morgan fingerprint density at radius 1 is 0.950 bits per heavy atom. The van der Waals surface area contributed by atoms with E-state index in [0.29, 0.717) is 17.0 Å². The molecule has 100 valence electrons. The standard InChI is InChI=1S/C15H7F3O2/c16-10-6-5-9(13(17)14(10)18)15(19)12-7-8-3-1-2-4-11(8)20-12/h1-7H. The molecular weight excluding hydrogens is 269 g/mol. The van der Waals surface area contributed by atoms with E-state index in [2.05, 4.69) is 0 Å². The molecule has 1 heterocycles. The Bertz CT molecular complexity index is 788. The summed E-state index contributed by atoms with van der Waals surface area (Å²) in [6.07, 6.45) is 0. The second-order valence-electron chi connectivity index (χ2n) is 4.20. The summed E-state index contributed by atoms with van der Waals surface area (Å²) in [5.41, 5.74) is -0.109. The predicted octanol–water partition coefficient (Wildman–Crippen LogP) is 4.08. The second kappa shape index (κ2) is 4.52. The van der Waals surface area contributed by atoms with Gasteiger partial charge in [0.1, 0.15) is 5.58 Å². The lowest BCUT2D eigenvalue weighted by Crippen LogP contribution is -2.06. The molecule has 0 spiro atoms. The Balaban J connectivity index is 2.11. The van der Waals surface area contributed by atoms with E-state index >= 15 is 0 Å². The highest BCUT2D eigenvalue weighted by molar-refractivity contribution is 6.09. The molecule has 0 bridgehead atoms. The zero-order chi connectivity index (χ0) is 14.3. The minimum atomic E-state index is -1.67. The number of halogens is 3. The van der Waals surface area contributed by atoms with Gasteiger partial charge < -0.3 is 4.42 Å². The summed E-state index contributed by atoms with van der Waals surface area (Å²) < 4.78 is 44.8. The van der Waals surface area contributed by atoms with Gasteiger partial charge in [0.15, 0.2) is 23.2 Å². The zero-order valence-corrected chi connectivity index (χ0v) is 9.99. The minimum Gasteiger partial charge on any atom is -0.453 e. The first-order chi connectivity index (χ1) is 9.58. The van der Waals surface area contributed by atoms with Gasteiger partial charge in [0.25, 0.3) is 0 Å². The fraction of sp³-hybridized carbons (Fsp3) is 0. The number of fused-ring (bicyclic) bond motifs is 1. The van der Waals surface area contributed by atoms with E-state index in [0.717, 1.165) is 6.07 Å². The number of ketones is 1. The molecule has 0 aliphatic carbocycles. The number of hydrogen-bond acceptors (Lipinski definition) is 2. The van der Waals surface area contributed by atoms with Crippen LogP contribution < -0.4 is 0 Å². The van der Waals surface area contributed by atoms with Gasteiger partial charge in [-0.05, 0) is 24.3 Å². The minimum absolute atomic E-state index is 0.129. The maximum absolute atomic E-state index is 13.6. The highest BCUT2D eigenvalue weighted by Gasteiger charge is 2.22. The van der Waals surface area contributed by atoms with Crippen molar-refractivity contribution in [2.45, 2.75) is 0 Å². The molecule has 3 rings (SSSR count). The monoisotopic (exact) mass is 276 g/mol. The Hall–Kier alpha value is -2.56. The number of carbonyl (C=O) groups is 1. The SMILES string of the molecule is O=C(c1cc2ccccc2o1)c1ccc(F)c(F)c1F. The number of rotatable bonds is 2. The summed E-state index contributed by atoms with van der Waals surface area (Å²) >= 11 is 0. The molecule has 0 saturated carbocycles. The van der Waals surface area contributed by atoms with Crippen LogP contribution in [0.25, 0.3) is 11.0 Å². The molecule has 0 aliphatic heterocycles. The third-order valence-electron chi connectivity index (χ3n) is 2.93. The number of carbonyl (C=O) groups excluding carboxylic acids is 1. The largest absolute Gasteiger partial charge is 0.453 e. The van der Waals surface area contributed by atoms with Gasteiger partial charge in [-0.2, -0.15) is 0 Å². The van der Waals surface area contributed by atoms with Crippen molar-refractivity contribution in [2.75, 3.05) is 0 Å². The smallest absolute Gasteiger partial charge is 0.231 e. The molecule has 0 unspecified atom stereocenters. The van der Waals surface area contributed by atoms with E-state index < -0.39 is 28.8 Å². The molecule has 0 saturated heterocycles. The highest BCUT2D eigenvalue weighted by atomic mass is 19.2. The normalized spacial score (nSPS) is 10.9. The fourth-order valence-electron chi connectivity index (χ4n) is 1.93. The van der Waals surface area contributed by atoms with Crippen molar-refractivity contribution < 1.29 is 22.4 Å². The molecule has 0 radical (unpaired) electrons. The van der Waals surface area contributed by atoms with Crippen LogP contribution in [0.4, 0.5) is 13.2 Å². The summed E-state index contributed by atoms with van der Waals surface area (Å²) in [7, 11) is 0. The molecule has 0 aliphatic rings. The van der Waals surface area contributed by atoms with E-state index in [-0.39, 0.29) is 5.76 Å². The summed E-state index contributed by atoms with van der Waals surface area (Å²) in [6.45, 7) is 0. The molecule has 5 heteroatoms. The third kappa shape index (κ3) is 1.87. The van der Waals surface area contributed by atoms with E-state index in [1.807, 2.05) is 0 Å². The summed E-state index contributed by atoms with van der Waals surface area (Å²) in [5.74, 6) is -5.50. The van der Waals surface area contributed by atoms with Crippen molar-refractivity contribution in [3.8, 4) is 0 Å². The molecular formula is C15H7F3O2. The van der Waals surface area contributed by atoms with Crippen molar-refractivity contribution in [2.24, 2.45) is 0 Å². The van der Waals surface area contributed by atoms with E-state index in [1.54, 1.807) is 24.3 Å². The first-order valence-electron chi connectivity index (χ1n) is 5.74. The quantitative estimate of drug-likeness (QED) is 0.521. The summed E-state index contributed by atoms with van der Waals surface area (Å²) in [6, 6.07) is 9.86. The fourth-order valence-corrected chi connectivity index (χ4v) is 1.93. The van der Waals surface area contributed by atoms with Crippen molar-refractivity contribution in [3.63, 3.8) is 0 Å². The van der Waals surface area contributed by atoms with Crippen LogP contribution in [-0.4, -0.2) is 5.78 Å². The average molecular weight is 276 g/mol. The lowest BCUT2D eigenvalue weighted by atomic mass is 10.1. The molecule has 1 aromatic heterocycles. The van der Waals surface area contributed by atoms with E-state index in [4.69, 9.17) is 4.42 Å². The first-order valence-corrected chi connectivity index (χ1v) is 5.74. The molecule has 0 amide bonds. The van der Waals surface area contributed by atoms with Gasteiger partial charge in [-0.3, -0.25) is 4.79 Å². The number of benzene rings is 2. The Morgan fingerprint density at radius 3 is 2.45 bits per heavy atom. The van der Waals surface area contributed by atoms with Crippen LogP contribution in [-0.2, 0) is 0 Å². The van der Waals surface area contributed by atoms with Gasteiger partial charge in [-0.15, -0.1) is 0 Å². The maximum Gasteiger partial charge on any atom is 0.231 e. The molecule has 2 aromatic carbocycles. The predicted molar refractivity (Wildman–Crippen MR) is 66.0 cm³/mol. The van der Waals surface area contributed by atoms with Gasteiger partial charge in [-0.25, -0.2) is 13.2 Å². The molecule has 0 atom stereocenters. The first kappa shape index (κ1) is 12.5. The second-order valence-corrected chi connectivity index (χ2v) is 4.20. The lowest BCUT2D eigenvalue weighted by molar-refractivity contribution is 0.101. The summed E-state index contributed by atoms with van der Waals surface area (Å²) in [5, 5.41) is 0.666. The molecule has 0 N–H and O–H groups in total. The van der Waals surface area contributed by atoms with Gasteiger partial charge in [0.2, 0.25) is 5.78 Å². The Morgan fingerprint density at radius 2 is 1.70 bits per heavy atom. The van der Waals surface area contributed by atoms with Crippen molar-refractivity contribution >= 4 is 16.8 Å². The van der Waals surface area contributed by atoms with Crippen LogP contribution >= 0.6 is 0 Å². The number of para-hydroxylation sites is 1. The number of hydrogen-bond donors (Lipinski definition) is 0. The van der Waals surface area contributed by atoms with Crippen molar-refractivity contribution in [3.05, 3.63) is 71.2 Å². The summed E-state index contributed by atoms with van der Waals surface area (Å²) in [4.78, 5) is 12.1. The number of furan rings is 1.